The number of fused-ring (bicyclic) bond motifs is 2. The molecule has 3 fully saturated rings. The predicted molar refractivity (Wildman–Crippen MR) is 280 cm³/mol. The monoisotopic (exact) mass is 1120 g/mol. The second-order valence-corrected chi connectivity index (χ2v) is 22.4. The van der Waals surface area contributed by atoms with Crippen LogP contribution in [0.25, 0.3) is 0 Å². The van der Waals surface area contributed by atoms with E-state index in [2.05, 4.69) is 79.2 Å². The van der Waals surface area contributed by atoms with Gasteiger partial charge in [0.2, 0.25) is 29.5 Å². The molecule has 4 N–H and O–H groups in total. The van der Waals surface area contributed by atoms with E-state index in [1.807, 2.05) is 6.07 Å². The van der Waals surface area contributed by atoms with Crippen LogP contribution in [0.5, 0.6) is 0 Å². The lowest BCUT2D eigenvalue weighted by Crippen LogP contribution is -2.48. The molecule has 16 nitrogen and oxygen atoms in total. The van der Waals surface area contributed by atoms with Crippen LogP contribution in [-0.4, -0.2) is 128 Å². The summed E-state index contributed by atoms with van der Waals surface area (Å²) < 4.78 is 61.6. The minimum atomic E-state index is -4.66. The van der Waals surface area contributed by atoms with Crippen molar-refractivity contribution in [2.45, 2.75) is 134 Å². The first kappa shape index (κ1) is 57.2. The van der Waals surface area contributed by atoms with Crippen LogP contribution in [0.15, 0.2) is 53.3 Å². The summed E-state index contributed by atoms with van der Waals surface area (Å²) in [5, 5.41) is 12.6. The number of likely N-dealkylation sites (tertiary alicyclic amines) is 1. The first-order valence-corrected chi connectivity index (χ1v) is 28.0. The van der Waals surface area contributed by atoms with Crippen LogP contribution in [-0.2, 0) is 70.2 Å². The molecule has 0 spiro atoms. The smallest absolute Gasteiger partial charge is 0.379 e. The van der Waals surface area contributed by atoms with Crippen LogP contribution in [0.1, 0.15) is 129 Å². The van der Waals surface area contributed by atoms with Gasteiger partial charge in [-0.3, -0.25) is 33.9 Å². The number of aryl methyl sites for hydroxylation is 1. The van der Waals surface area contributed by atoms with Gasteiger partial charge >= 0.3 is 6.18 Å². The Morgan fingerprint density at radius 1 is 0.868 bits per heavy atom. The number of ether oxygens (including phenoxy) is 3. The van der Waals surface area contributed by atoms with Crippen LogP contribution in [0, 0.1) is 23.2 Å². The molecule has 2 saturated carbocycles. The van der Waals surface area contributed by atoms with Crippen molar-refractivity contribution >= 4 is 45.5 Å². The van der Waals surface area contributed by atoms with Gasteiger partial charge in [0.05, 0.1) is 68.3 Å². The maximum absolute atomic E-state index is 14.6. The Kier molecular flexibility index (Phi) is 19.6. The lowest BCUT2D eigenvalue weighted by atomic mass is 9.74. The van der Waals surface area contributed by atoms with Gasteiger partial charge in [-0.25, -0.2) is 0 Å². The number of alkyl halides is 3. The van der Waals surface area contributed by atoms with Gasteiger partial charge in [0.25, 0.3) is 0 Å². The van der Waals surface area contributed by atoms with E-state index in [0.29, 0.717) is 89.3 Å². The summed E-state index contributed by atoms with van der Waals surface area (Å²) in [6.07, 6.45) is 5.82. The summed E-state index contributed by atoms with van der Waals surface area (Å²) in [5.41, 5.74) is 2.91. The van der Waals surface area contributed by atoms with Crippen molar-refractivity contribution in [1.82, 2.24) is 41.0 Å². The van der Waals surface area contributed by atoms with Crippen LogP contribution in [0.3, 0.4) is 0 Å². The summed E-state index contributed by atoms with van der Waals surface area (Å²) in [6, 6.07) is 11.2. The molecule has 20 heteroatoms. The third kappa shape index (κ3) is 14.2. The van der Waals surface area contributed by atoms with Crippen molar-refractivity contribution in [3.8, 4) is 0 Å². The van der Waals surface area contributed by atoms with Crippen molar-refractivity contribution in [3.63, 3.8) is 0 Å². The van der Waals surface area contributed by atoms with Crippen molar-refractivity contribution in [1.29, 1.82) is 0 Å². The Hall–Kier alpha value is -5.02. The number of nitrogens with one attached hydrogen (secondary N) is 4. The molecule has 8 rings (SSSR count). The number of halogens is 4. The first-order valence-electron chi connectivity index (χ1n) is 27.2. The average molecular weight is 1120 g/mol. The fourth-order valence-electron chi connectivity index (χ4n) is 12.1. The molecule has 76 heavy (non-hydrogen) atoms. The lowest BCUT2D eigenvalue weighted by Gasteiger charge is -2.40. The summed E-state index contributed by atoms with van der Waals surface area (Å²) in [4.78, 5) is 77.6. The molecule has 1 saturated heterocycles. The molecule has 5 amide bonds. The van der Waals surface area contributed by atoms with E-state index in [1.165, 1.54) is 17.2 Å². The van der Waals surface area contributed by atoms with Gasteiger partial charge in [0.1, 0.15) is 0 Å². The Morgan fingerprint density at radius 2 is 1.61 bits per heavy atom. The highest BCUT2D eigenvalue weighted by Crippen LogP contribution is 2.48. The SMILES string of the molecule is CC(C)[C@]1(C(=O)N2CCc3nc(CCNC(=O)C4CCC(NC(=O)CCOCCOCCOCCNC(=O)[C@H]5CC(=O)N(C)[C@@H]5c5cccnc5)CC4)c(C(F)(F)F)cc3C2)CC[C@@H](N[C@@H]2CCc3cc(Br)ccc32)C1. The number of hydrogen-bond acceptors (Lipinski definition) is 11. The number of pyridine rings is 2. The summed E-state index contributed by atoms with van der Waals surface area (Å²) in [7, 11) is 1.70. The average Bonchev–Trinajstić information content (AvgIpc) is 4.12. The second-order valence-electron chi connectivity index (χ2n) is 21.5. The van der Waals surface area contributed by atoms with E-state index < -0.39 is 23.1 Å². The van der Waals surface area contributed by atoms with E-state index in [0.717, 1.165) is 35.7 Å². The third-order valence-electron chi connectivity index (χ3n) is 16.4. The van der Waals surface area contributed by atoms with E-state index in [9.17, 15) is 37.1 Å². The van der Waals surface area contributed by atoms with Crippen LogP contribution < -0.4 is 21.3 Å². The molecule has 0 radical (unpaired) electrons. The molecule has 4 heterocycles. The van der Waals surface area contributed by atoms with Crippen molar-refractivity contribution in [2.24, 2.45) is 23.2 Å². The number of rotatable bonds is 23. The molecule has 3 aliphatic carbocycles. The second kappa shape index (κ2) is 26.1. The summed E-state index contributed by atoms with van der Waals surface area (Å²) >= 11 is 3.58. The normalized spacial score (nSPS) is 24.4. The van der Waals surface area contributed by atoms with Crippen molar-refractivity contribution < 1.29 is 51.4 Å². The molecule has 0 unspecified atom stereocenters. The van der Waals surface area contributed by atoms with Gasteiger partial charge in [0.15, 0.2) is 0 Å². The number of hydrogen-bond donors (Lipinski definition) is 4. The molecule has 3 aromatic rings. The van der Waals surface area contributed by atoms with Crippen LogP contribution in [0.2, 0.25) is 0 Å². The topological polar surface area (TPSA) is 193 Å². The maximum atomic E-state index is 14.6. The largest absolute Gasteiger partial charge is 0.418 e. The molecule has 1 aromatic carbocycles. The Bertz CT molecular complexity index is 2510. The van der Waals surface area contributed by atoms with E-state index in [-0.39, 0.29) is 117 Å². The summed E-state index contributed by atoms with van der Waals surface area (Å²) in [6.45, 7) is 6.69. The van der Waals surface area contributed by atoms with Gasteiger partial charge in [-0.2, -0.15) is 13.2 Å². The van der Waals surface area contributed by atoms with Gasteiger partial charge in [-0.1, -0.05) is 41.9 Å². The quantitative estimate of drug-likeness (QED) is 0.0737. The minimum Gasteiger partial charge on any atom is -0.379 e. The highest BCUT2D eigenvalue weighted by atomic mass is 79.9. The number of amides is 5. The van der Waals surface area contributed by atoms with Crippen LogP contribution in [0.4, 0.5) is 13.2 Å². The standard InChI is InChI=1S/C56H74BrF3N8O8/c1-35(2)55(18-14-42(32-55)64-47-13-8-37-29-40(57)9-12-43(37)47)54(73)68-22-16-46-39(34-68)30-45(56(58,59)60)48(66-46)15-20-62-52(71)36-6-10-41(11-7-36)65-49(69)17-23-74-25-27-76-28-26-75-24-21-63-53(72)44-31-50(70)67(3)51(44)38-5-4-19-61-33-38/h4-5,9,12,19,29-30,33,35-36,41-42,44,47,51,64H,6-8,10-11,13-18,20-28,31-32,34H2,1-3H3,(H,62,71)(H,63,72)(H,65,69)/t36?,41?,42-,44+,47-,51-,55+/m1/s1. The molecule has 2 aromatic heterocycles. The Labute approximate surface area is 452 Å². The summed E-state index contributed by atoms with van der Waals surface area (Å²) in [5.74, 6) is -1.42. The lowest BCUT2D eigenvalue weighted by molar-refractivity contribution is -0.146. The molecular weight excluding hydrogens is 1050 g/mol. The van der Waals surface area contributed by atoms with E-state index >= 15 is 0 Å². The maximum Gasteiger partial charge on any atom is 0.418 e. The van der Waals surface area contributed by atoms with Crippen LogP contribution >= 0.6 is 15.9 Å². The molecule has 5 atom stereocenters. The molecule has 0 bridgehead atoms. The number of carbonyl (C=O) groups is 5. The highest BCUT2D eigenvalue weighted by molar-refractivity contribution is 9.10. The van der Waals surface area contributed by atoms with Crippen molar-refractivity contribution in [2.75, 3.05) is 66.3 Å². The van der Waals surface area contributed by atoms with Gasteiger partial charge in [-0.05, 0) is 110 Å². The first-order chi connectivity index (χ1) is 36.5. The zero-order valence-corrected chi connectivity index (χ0v) is 45.6. The fourth-order valence-corrected chi connectivity index (χ4v) is 12.5. The third-order valence-corrected chi connectivity index (χ3v) is 16.9. The predicted octanol–water partition coefficient (Wildman–Crippen LogP) is 6.72. The molecule has 5 aliphatic rings. The highest BCUT2D eigenvalue weighted by Gasteiger charge is 2.50. The zero-order valence-electron chi connectivity index (χ0n) is 44.0. The number of carbonyl (C=O) groups excluding carboxylic acids is 5. The Morgan fingerprint density at radius 3 is 2.33 bits per heavy atom. The molecule has 414 valence electrons. The number of benzene rings is 1. The van der Waals surface area contributed by atoms with E-state index in [4.69, 9.17) is 14.2 Å². The van der Waals surface area contributed by atoms with Gasteiger partial charge in [0, 0.05) is 106 Å². The Balaban J connectivity index is 0.680. The van der Waals surface area contributed by atoms with E-state index in [1.54, 1.807) is 35.3 Å². The fraction of sp³-hybridized carbons (Fsp3) is 0.625. The van der Waals surface area contributed by atoms with Gasteiger partial charge in [-0.15, -0.1) is 0 Å². The van der Waals surface area contributed by atoms with Crippen molar-refractivity contribution in [3.05, 3.63) is 92.5 Å². The van der Waals surface area contributed by atoms with Gasteiger partial charge < -0.3 is 45.3 Å². The minimum absolute atomic E-state index is 0.00417. The zero-order chi connectivity index (χ0) is 54.0. The number of nitrogens with zero attached hydrogens (tertiary/aromatic N) is 4. The molecular formula is C56H74BrF3N8O8. The molecule has 2 aliphatic heterocycles. The number of aromatic nitrogens is 2.